The van der Waals surface area contributed by atoms with Crippen LogP contribution in [0.5, 0.6) is 0 Å². The van der Waals surface area contributed by atoms with E-state index in [0.717, 1.165) is 19.1 Å². The van der Waals surface area contributed by atoms with E-state index in [1.807, 2.05) is 0 Å². The quantitative estimate of drug-likeness (QED) is 0.744. The van der Waals surface area contributed by atoms with Gasteiger partial charge in [0.1, 0.15) is 0 Å². The zero-order valence-corrected chi connectivity index (χ0v) is 10.1. The number of hydrogen-bond acceptors (Lipinski definition) is 2. The fraction of sp³-hybridized carbons (Fsp3) is 0.571. The van der Waals surface area contributed by atoms with E-state index in [1.165, 1.54) is 12.0 Å². The molecule has 1 aliphatic rings. The molecule has 0 radical (unpaired) electrons. The first-order valence-corrected chi connectivity index (χ1v) is 6.14. The molecule has 1 N–H and O–H groups in total. The van der Waals surface area contributed by atoms with Gasteiger partial charge in [-0.15, -0.1) is 0 Å². The normalized spacial score (nSPS) is 21.1. The van der Waals surface area contributed by atoms with Gasteiger partial charge in [0, 0.05) is 12.6 Å². The molecule has 0 aromatic heterocycles. The molecule has 88 valence electrons. The SMILES string of the molecule is CC(C)C[C@@H](NCc1ccccc1)[C@@H]1CO1. The van der Waals surface area contributed by atoms with E-state index in [1.54, 1.807) is 0 Å². The molecule has 2 heteroatoms. The highest BCUT2D eigenvalue weighted by Crippen LogP contribution is 2.20. The molecule has 2 atom stereocenters. The Bertz CT molecular complexity index is 306. The molecule has 1 aromatic carbocycles. The van der Waals surface area contributed by atoms with Crippen LogP contribution in [0.1, 0.15) is 25.8 Å². The second-order valence-corrected chi connectivity index (χ2v) is 4.97. The van der Waals surface area contributed by atoms with E-state index < -0.39 is 0 Å². The average molecular weight is 219 g/mol. The molecule has 0 amide bonds. The molecule has 1 saturated heterocycles. The number of ether oxygens (including phenoxy) is 1. The molecule has 0 spiro atoms. The summed E-state index contributed by atoms with van der Waals surface area (Å²) < 4.78 is 5.40. The Kier molecular flexibility index (Phi) is 3.97. The van der Waals surface area contributed by atoms with Gasteiger partial charge in [0.2, 0.25) is 0 Å². The summed E-state index contributed by atoms with van der Waals surface area (Å²) in [5.41, 5.74) is 1.34. The molecular formula is C14H21NO. The Morgan fingerprint density at radius 1 is 1.31 bits per heavy atom. The molecule has 16 heavy (non-hydrogen) atoms. The summed E-state index contributed by atoms with van der Waals surface area (Å²) in [5, 5.41) is 3.60. The fourth-order valence-corrected chi connectivity index (χ4v) is 2.01. The molecule has 1 aromatic rings. The predicted octanol–water partition coefficient (Wildman–Crippen LogP) is 2.59. The van der Waals surface area contributed by atoms with Crippen molar-refractivity contribution in [2.75, 3.05) is 6.61 Å². The zero-order valence-electron chi connectivity index (χ0n) is 10.1. The minimum atomic E-state index is 0.450. The lowest BCUT2D eigenvalue weighted by atomic mass is 10.0. The van der Waals surface area contributed by atoms with Crippen LogP contribution >= 0.6 is 0 Å². The molecule has 1 aliphatic heterocycles. The molecule has 0 bridgehead atoms. The highest BCUT2D eigenvalue weighted by Gasteiger charge is 2.32. The van der Waals surface area contributed by atoms with Gasteiger partial charge in [0.15, 0.2) is 0 Å². The predicted molar refractivity (Wildman–Crippen MR) is 66.3 cm³/mol. The van der Waals surface area contributed by atoms with Gasteiger partial charge in [-0.1, -0.05) is 44.2 Å². The molecule has 0 unspecified atom stereocenters. The van der Waals surface area contributed by atoms with Crippen LogP contribution in [0.15, 0.2) is 30.3 Å². The maximum absolute atomic E-state index is 5.40. The van der Waals surface area contributed by atoms with Crippen LogP contribution in [0, 0.1) is 5.92 Å². The summed E-state index contributed by atoms with van der Waals surface area (Å²) in [4.78, 5) is 0. The minimum Gasteiger partial charge on any atom is -0.371 e. The second kappa shape index (κ2) is 5.46. The number of nitrogens with one attached hydrogen (secondary N) is 1. The lowest BCUT2D eigenvalue weighted by Gasteiger charge is -2.18. The summed E-state index contributed by atoms with van der Waals surface area (Å²) in [7, 11) is 0. The standard InChI is InChI=1S/C14H21NO/c1-11(2)8-13(14-10-16-14)15-9-12-6-4-3-5-7-12/h3-7,11,13-15H,8-10H2,1-2H3/t13-,14+/m1/s1. The van der Waals surface area contributed by atoms with Crippen molar-refractivity contribution in [3.63, 3.8) is 0 Å². The van der Waals surface area contributed by atoms with Crippen LogP contribution in [0.3, 0.4) is 0 Å². The van der Waals surface area contributed by atoms with Crippen LogP contribution < -0.4 is 5.32 Å². The number of epoxide rings is 1. The van der Waals surface area contributed by atoms with Gasteiger partial charge >= 0.3 is 0 Å². The van der Waals surface area contributed by atoms with Crippen LogP contribution in [0.4, 0.5) is 0 Å². The van der Waals surface area contributed by atoms with Crippen LogP contribution in [-0.4, -0.2) is 18.8 Å². The van der Waals surface area contributed by atoms with Crippen molar-refractivity contribution in [2.24, 2.45) is 5.92 Å². The summed E-state index contributed by atoms with van der Waals surface area (Å²) >= 11 is 0. The Hall–Kier alpha value is -0.860. The highest BCUT2D eigenvalue weighted by atomic mass is 16.6. The monoisotopic (exact) mass is 219 g/mol. The lowest BCUT2D eigenvalue weighted by molar-refractivity contribution is 0.308. The Morgan fingerprint density at radius 3 is 2.56 bits per heavy atom. The molecule has 1 fully saturated rings. The smallest absolute Gasteiger partial charge is 0.0962 e. The molecule has 2 rings (SSSR count). The van der Waals surface area contributed by atoms with Gasteiger partial charge < -0.3 is 10.1 Å². The van der Waals surface area contributed by atoms with E-state index in [2.05, 4.69) is 49.5 Å². The van der Waals surface area contributed by atoms with Gasteiger partial charge in [-0.05, 0) is 17.9 Å². The summed E-state index contributed by atoms with van der Waals surface area (Å²) in [6.07, 6.45) is 1.64. The van der Waals surface area contributed by atoms with Crippen LogP contribution in [-0.2, 0) is 11.3 Å². The highest BCUT2D eigenvalue weighted by molar-refractivity contribution is 5.14. The third-order valence-corrected chi connectivity index (χ3v) is 2.94. The Morgan fingerprint density at radius 2 is 2.00 bits per heavy atom. The van der Waals surface area contributed by atoms with Gasteiger partial charge in [0.25, 0.3) is 0 Å². The maximum atomic E-state index is 5.40. The topological polar surface area (TPSA) is 24.6 Å². The van der Waals surface area contributed by atoms with Crippen molar-refractivity contribution < 1.29 is 4.74 Å². The molecule has 0 aliphatic carbocycles. The Balaban J connectivity index is 1.82. The third kappa shape index (κ3) is 3.62. The first-order chi connectivity index (χ1) is 7.75. The number of benzene rings is 1. The van der Waals surface area contributed by atoms with Crippen molar-refractivity contribution in [2.45, 2.75) is 39.0 Å². The third-order valence-electron chi connectivity index (χ3n) is 2.94. The van der Waals surface area contributed by atoms with Gasteiger partial charge in [-0.3, -0.25) is 0 Å². The van der Waals surface area contributed by atoms with Crippen molar-refractivity contribution >= 4 is 0 Å². The molecule has 1 heterocycles. The van der Waals surface area contributed by atoms with Crippen molar-refractivity contribution in [1.82, 2.24) is 5.32 Å². The van der Waals surface area contributed by atoms with E-state index in [0.29, 0.717) is 12.1 Å². The number of hydrogen-bond donors (Lipinski definition) is 1. The summed E-state index contributed by atoms with van der Waals surface area (Å²) in [5.74, 6) is 0.720. The van der Waals surface area contributed by atoms with E-state index in [-0.39, 0.29) is 0 Å². The number of rotatable bonds is 6. The minimum absolute atomic E-state index is 0.450. The van der Waals surface area contributed by atoms with Crippen LogP contribution in [0.25, 0.3) is 0 Å². The van der Waals surface area contributed by atoms with Gasteiger partial charge in [0.05, 0.1) is 12.7 Å². The van der Waals surface area contributed by atoms with Gasteiger partial charge in [-0.25, -0.2) is 0 Å². The van der Waals surface area contributed by atoms with Gasteiger partial charge in [-0.2, -0.15) is 0 Å². The first kappa shape index (κ1) is 11.6. The maximum Gasteiger partial charge on any atom is 0.0962 e. The largest absolute Gasteiger partial charge is 0.371 e. The molecular weight excluding hydrogens is 198 g/mol. The molecule has 2 nitrogen and oxygen atoms in total. The van der Waals surface area contributed by atoms with Crippen LogP contribution in [0.2, 0.25) is 0 Å². The average Bonchev–Trinajstić information content (AvgIpc) is 3.09. The second-order valence-electron chi connectivity index (χ2n) is 4.97. The molecule has 0 saturated carbocycles. The first-order valence-electron chi connectivity index (χ1n) is 6.14. The van der Waals surface area contributed by atoms with Crippen molar-refractivity contribution in [1.29, 1.82) is 0 Å². The summed E-state index contributed by atoms with van der Waals surface area (Å²) in [6.45, 7) is 6.40. The van der Waals surface area contributed by atoms with Crippen molar-refractivity contribution in [3.05, 3.63) is 35.9 Å². The Labute approximate surface area is 98.0 Å². The lowest BCUT2D eigenvalue weighted by Crippen LogP contribution is -2.34. The van der Waals surface area contributed by atoms with E-state index in [9.17, 15) is 0 Å². The van der Waals surface area contributed by atoms with Crippen molar-refractivity contribution in [3.8, 4) is 0 Å². The zero-order chi connectivity index (χ0) is 11.4. The summed E-state index contributed by atoms with van der Waals surface area (Å²) in [6, 6.07) is 11.1. The van der Waals surface area contributed by atoms with E-state index >= 15 is 0 Å². The fourth-order valence-electron chi connectivity index (χ4n) is 2.01. The van der Waals surface area contributed by atoms with E-state index in [4.69, 9.17) is 4.74 Å².